The molecule has 0 radical (unpaired) electrons. The van der Waals surface area contributed by atoms with Crippen LogP contribution in [0.25, 0.3) is 0 Å². The van der Waals surface area contributed by atoms with Crippen molar-refractivity contribution < 1.29 is 14.2 Å². The third kappa shape index (κ3) is 2.54. The third-order valence-electron chi connectivity index (χ3n) is 3.65. The number of ether oxygens (including phenoxy) is 1. The molecule has 0 bridgehead atoms. The van der Waals surface area contributed by atoms with Gasteiger partial charge in [-0.25, -0.2) is 4.39 Å². The van der Waals surface area contributed by atoms with E-state index in [4.69, 9.17) is 4.74 Å². The number of methoxy groups -OCH3 is 1. The van der Waals surface area contributed by atoms with E-state index in [2.05, 4.69) is 0 Å². The lowest BCUT2D eigenvalue weighted by Gasteiger charge is -2.19. The van der Waals surface area contributed by atoms with Gasteiger partial charge in [-0.1, -0.05) is 29.8 Å². The van der Waals surface area contributed by atoms with Crippen molar-refractivity contribution in [2.45, 2.75) is 26.9 Å². The zero-order chi connectivity index (χ0) is 14.9. The van der Waals surface area contributed by atoms with Crippen LogP contribution in [0, 0.1) is 26.6 Å². The SMILES string of the molecule is COc1c(C(O)c2cc(C)ccc2F)ccc(C)c1C. The monoisotopic (exact) mass is 274 g/mol. The van der Waals surface area contributed by atoms with Gasteiger partial charge in [0.1, 0.15) is 17.7 Å². The van der Waals surface area contributed by atoms with Crippen LogP contribution < -0.4 is 4.74 Å². The highest BCUT2D eigenvalue weighted by Gasteiger charge is 2.20. The molecule has 0 amide bonds. The topological polar surface area (TPSA) is 29.5 Å². The van der Waals surface area contributed by atoms with Gasteiger partial charge in [0, 0.05) is 11.1 Å². The zero-order valence-electron chi connectivity index (χ0n) is 12.2. The number of aliphatic hydroxyl groups is 1. The molecule has 2 aromatic rings. The number of hydrogen-bond donors (Lipinski definition) is 1. The minimum atomic E-state index is -1.04. The molecule has 0 aliphatic carbocycles. The van der Waals surface area contributed by atoms with Crippen LogP contribution in [0.4, 0.5) is 4.39 Å². The van der Waals surface area contributed by atoms with Gasteiger partial charge >= 0.3 is 0 Å². The maximum Gasteiger partial charge on any atom is 0.129 e. The van der Waals surface area contributed by atoms with Gasteiger partial charge in [-0.05, 0) is 38.0 Å². The minimum Gasteiger partial charge on any atom is -0.496 e. The number of rotatable bonds is 3. The molecule has 0 saturated carbocycles. The summed E-state index contributed by atoms with van der Waals surface area (Å²) in [7, 11) is 1.56. The van der Waals surface area contributed by atoms with Crippen LogP contribution in [0.3, 0.4) is 0 Å². The van der Waals surface area contributed by atoms with Gasteiger partial charge in [0.15, 0.2) is 0 Å². The van der Waals surface area contributed by atoms with Crippen LogP contribution in [0.2, 0.25) is 0 Å². The highest BCUT2D eigenvalue weighted by molar-refractivity contribution is 5.49. The Bertz CT molecular complexity index is 635. The summed E-state index contributed by atoms with van der Waals surface area (Å²) < 4.78 is 19.3. The van der Waals surface area contributed by atoms with E-state index in [-0.39, 0.29) is 5.56 Å². The molecule has 106 valence electrons. The smallest absolute Gasteiger partial charge is 0.129 e. The average molecular weight is 274 g/mol. The Morgan fingerprint density at radius 3 is 2.40 bits per heavy atom. The highest BCUT2D eigenvalue weighted by atomic mass is 19.1. The Balaban J connectivity index is 2.56. The summed E-state index contributed by atoms with van der Waals surface area (Å²) in [6, 6.07) is 8.41. The summed E-state index contributed by atoms with van der Waals surface area (Å²) in [6.45, 7) is 5.77. The molecule has 2 rings (SSSR count). The lowest BCUT2D eigenvalue weighted by Crippen LogP contribution is -2.06. The van der Waals surface area contributed by atoms with Crippen LogP contribution in [-0.2, 0) is 0 Å². The highest BCUT2D eigenvalue weighted by Crippen LogP contribution is 2.35. The van der Waals surface area contributed by atoms with E-state index in [9.17, 15) is 9.50 Å². The number of benzene rings is 2. The van der Waals surface area contributed by atoms with Crippen LogP contribution in [-0.4, -0.2) is 12.2 Å². The lowest BCUT2D eigenvalue weighted by molar-refractivity contribution is 0.209. The predicted molar refractivity (Wildman–Crippen MR) is 77.7 cm³/mol. The van der Waals surface area contributed by atoms with Crippen molar-refractivity contribution in [1.29, 1.82) is 0 Å². The van der Waals surface area contributed by atoms with Gasteiger partial charge < -0.3 is 9.84 Å². The van der Waals surface area contributed by atoms with Crippen LogP contribution in [0.15, 0.2) is 30.3 Å². The van der Waals surface area contributed by atoms with E-state index >= 15 is 0 Å². The predicted octanol–water partition coefficient (Wildman–Crippen LogP) is 3.84. The van der Waals surface area contributed by atoms with Crippen LogP contribution in [0.1, 0.15) is 33.9 Å². The molecule has 0 saturated heterocycles. The van der Waals surface area contributed by atoms with Crippen molar-refractivity contribution in [2.24, 2.45) is 0 Å². The van der Waals surface area contributed by atoms with E-state index in [1.54, 1.807) is 25.3 Å². The second-order valence-electron chi connectivity index (χ2n) is 5.06. The molecular formula is C17H19FO2. The maximum atomic E-state index is 13.9. The molecule has 2 nitrogen and oxygen atoms in total. The van der Waals surface area contributed by atoms with Crippen molar-refractivity contribution in [3.05, 3.63) is 64.0 Å². The Morgan fingerprint density at radius 2 is 1.75 bits per heavy atom. The first-order valence-corrected chi connectivity index (χ1v) is 6.54. The Kier molecular flexibility index (Phi) is 4.09. The van der Waals surface area contributed by atoms with Crippen molar-refractivity contribution >= 4 is 0 Å². The molecule has 2 aromatic carbocycles. The summed E-state index contributed by atoms with van der Waals surface area (Å²) in [5.41, 5.74) is 3.79. The first-order chi connectivity index (χ1) is 9.45. The van der Waals surface area contributed by atoms with Gasteiger partial charge in [-0.2, -0.15) is 0 Å². The number of hydrogen-bond acceptors (Lipinski definition) is 2. The largest absolute Gasteiger partial charge is 0.496 e. The molecule has 1 N–H and O–H groups in total. The number of aryl methyl sites for hydroxylation is 2. The maximum absolute atomic E-state index is 13.9. The Labute approximate surface area is 118 Å². The molecular weight excluding hydrogens is 255 g/mol. The molecule has 1 atom stereocenters. The van der Waals surface area contributed by atoms with E-state index in [0.29, 0.717) is 11.3 Å². The zero-order valence-corrected chi connectivity index (χ0v) is 12.2. The molecule has 0 aliphatic rings. The van der Waals surface area contributed by atoms with E-state index < -0.39 is 11.9 Å². The van der Waals surface area contributed by atoms with Crippen LogP contribution in [0.5, 0.6) is 5.75 Å². The lowest BCUT2D eigenvalue weighted by atomic mass is 9.95. The molecule has 0 fully saturated rings. The molecule has 3 heteroatoms. The summed E-state index contributed by atoms with van der Waals surface area (Å²) in [4.78, 5) is 0. The number of halogens is 1. The number of aliphatic hydroxyl groups excluding tert-OH is 1. The third-order valence-corrected chi connectivity index (χ3v) is 3.65. The van der Waals surface area contributed by atoms with Gasteiger partial charge in [0.25, 0.3) is 0 Å². The first kappa shape index (κ1) is 14.5. The molecule has 0 aliphatic heterocycles. The molecule has 0 heterocycles. The second kappa shape index (κ2) is 5.63. The molecule has 0 aromatic heterocycles. The first-order valence-electron chi connectivity index (χ1n) is 6.54. The van der Waals surface area contributed by atoms with Gasteiger partial charge in [0.2, 0.25) is 0 Å². The fraction of sp³-hybridized carbons (Fsp3) is 0.294. The fourth-order valence-electron chi connectivity index (χ4n) is 2.34. The minimum absolute atomic E-state index is 0.270. The second-order valence-corrected chi connectivity index (χ2v) is 5.06. The summed E-state index contributed by atoms with van der Waals surface area (Å²) in [6.07, 6.45) is -1.04. The fourth-order valence-corrected chi connectivity index (χ4v) is 2.34. The quantitative estimate of drug-likeness (QED) is 0.921. The standard InChI is InChI=1S/C17H19FO2/c1-10-5-8-15(18)14(9-10)16(19)13-7-6-11(2)12(3)17(13)20-4/h5-9,16,19H,1-4H3. The van der Waals surface area contributed by atoms with Crippen molar-refractivity contribution in [1.82, 2.24) is 0 Å². The average Bonchev–Trinajstić information content (AvgIpc) is 2.43. The van der Waals surface area contributed by atoms with Gasteiger partial charge in [0.05, 0.1) is 7.11 Å². The molecule has 1 unspecified atom stereocenters. The Hall–Kier alpha value is -1.87. The molecule has 0 spiro atoms. The summed E-state index contributed by atoms with van der Waals surface area (Å²) in [5, 5.41) is 10.5. The Morgan fingerprint density at radius 1 is 1.05 bits per heavy atom. The van der Waals surface area contributed by atoms with E-state index in [0.717, 1.165) is 16.7 Å². The van der Waals surface area contributed by atoms with Crippen LogP contribution >= 0.6 is 0 Å². The van der Waals surface area contributed by atoms with Gasteiger partial charge in [-0.15, -0.1) is 0 Å². The van der Waals surface area contributed by atoms with E-state index in [1.165, 1.54) is 6.07 Å². The summed E-state index contributed by atoms with van der Waals surface area (Å²) >= 11 is 0. The van der Waals surface area contributed by atoms with E-state index in [1.807, 2.05) is 26.8 Å². The molecule has 20 heavy (non-hydrogen) atoms. The van der Waals surface area contributed by atoms with Gasteiger partial charge in [-0.3, -0.25) is 0 Å². The van der Waals surface area contributed by atoms with Crippen molar-refractivity contribution in [3.8, 4) is 5.75 Å². The normalized spacial score (nSPS) is 12.3. The van der Waals surface area contributed by atoms with Crippen molar-refractivity contribution in [3.63, 3.8) is 0 Å². The summed E-state index contributed by atoms with van der Waals surface area (Å²) in [5.74, 6) is 0.196. The van der Waals surface area contributed by atoms with Crippen molar-refractivity contribution in [2.75, 3.05) is 7.11 Å².